The molecule has 0 fully saturated rings. The fourth-order valence-corrected chi connectivity index (χ4v) is 1.95. The van der Waals surface area contributed by atoms with Crippen molar-refractivity contribution < 1.29 is 18.3 Å². The summed E-state index contributed by atoms with van der Waals surface area (Å²) in [5.74, 6) is -1.24. The summed E-state index contributed by atoms with van der Waals surface area (Å²) in [5, 5.41) is 8.64. The number of nitrogens with one attached hydrogen (secondary N) is 1. The van der Waals surface area contributed by atoms with E-state index in [-0.39, 0.29) is 11.3 Å². The number of anilines is 1. The van der Waals surface area contributed by atoms with Gasteiger partial charge in [0.05, 0.1) is 11.3 Å². The molecule has 0 saturated heterocycles. The zero-order chi connectivity index (χ0) is 12.2. The average molecular weight is 241 g/mol. The first kappa shape index (κ1) is 12.3. The molecule has 1 rings (SSSR count). The third-order valence-corrected chi connectivity index (χ3v) is 2.96. The molecule has 2 N–H and O–H groups in total. The summed E-state index contributed by atoms with van der Waals surface area (Å²) in [4.78, 5) is 10.5. The fraction of sp³-hybridized carbons (Fsp3) is 0.100. The summed E-state index contributed by atoms with van der Waals surface area (Å²) in [6.45, 7) is 3.33. The van der Waals surface area contributed by atoms with Crippen LogP contribution in [0, 0.1) is 0 Å². The number of benzene rings is 1. The van der Waals surface area contributed by atoms with Crippen molar-refractivity contribution in [2.75, 3.05) is 10.5 Å². The van der Waals surface area contributed by atoms with Crippen LogP contribution < -0.4 is 4.72 Å². The van der Waals surface area contributed by atoms with E-state index in [1.165, 1.54) is 30.3 Å². The van der Waals surface area contributed by atoms with E-state index in [1.807, 2.05) is 0 Å². The number of carbonyl (C=O) groups is 1. The number of rotatable bonds is 5. The van der Waals surface area contributed by atoms with Crippen LogP contribution in [-0.4, -0.2) is 25.2 Å². The van der Waals surface area contributed by atoms with Gasteiger partial charge in [-0.2, -0.15) is 0 Å². The molecule has 6 heteroatoms. The van der Waals surface area contributed by atoms with Crippen molar-refractivity contribution in [1.29, 1.82) is 0 Å². The molecule has 16 heavy (non-hydrogen) atoms. The molecule has 5 nitrogen and oxygen atoms in total. The van der Waals surface area contributed by atoms with E-state index in [4.69, 9.17) is 5.11 Å². The molecule has 0 spiro atoms. The maximum absolute atomic E-state index is 11.3. The van der Waals surface area contributed by atoms with Gasteiger partial charge in [0.15, 0.2) is 0 Å². The van der Waals surface area contributed by atoms with Gasteiger partial charge in [0.25, 0.3) is 0 Å². The number of carboxylic acid groups (broad SMARTS) is 1. The third kappa shape index (κ3) is 3.39. The lowest BCUT2D eigenvalue weighted by atomic mass is 10.2. The zero-order valence-corrected chi connectivity index (χ0v) is 9.20. The predicted molar refractivity (Wildman–Crippen MR) is 61.0 cm³/mol. The highest BCUT2D eigenvalue weighted by atomic mass is 32.2. The molecule has 1 aromatic rings. The first-order chi connectivity index (χ1) is 7.44. The molecule has 0 aliphatic rings. The number of carboxylic acids is 1. The van der Waals surface area contributed by atoms with Crippen LogP contribution >= 0.6 is 0 Å². The molecule has 0 aromatic heterocycles. The van der Waals surface area contributed by atoms with Crippen molar-refractivity contribution in [2.24, 2.45) is 0 Å². The first-order valence-electron chi connectivity index (χ1n) is 4.39. The standard InChI is InChI=1S/C10H11NO4S/c1-2-7-16(14,15)11-9-5-3-8(4-6-9)10(12)13/h2-6,11H,1,7H2,(H,12,13). The minimum Gasteiger partial charge on any atom is -0.478 e. The van der Waals surface area contributed by atoms with Gasteiger partial charge >= 0.3 is 5.97 Å². The van der Waals surface area contributed by atoms with E-state index in [1.54, 1.807) is 0 Å². The van der Waals surface area contributed by atoms with Crippen LogP contribution in [0.3, 0.4) is 0 Å². The lowest BCUT2D eigenvalue weighted by Gasteiger charge is -2.05. The Balaban J connectivity index is 2.84. The Kier molecular flexibility index (Phi) is 3.68. The van der Waals surface area contributed by atoms with Gasteiger partial charge in [-0.05, 0) is 24.3 Å². The monoisotopic (exact) mass is 241 g/mol. The van der Waals surface area contributed by atoms with Crippen LogP contribution in [0.5, 0.6) is 0 Å². The van der Waals surface area contributed by atoms with Gasteiger partial charge < -0.3 is 5.11 Å². The molecule has 0 saturated carbocycles. The minimum atomic E-state index is -3.43. The van der Waals surface area contributed by atoms with E-state index in [0.29, 0.717) is 5.69 Å². The highest BCUT2D eigenvalue weighted by molar-refractivity contribution is 7.92. The van der Waals surface area contributed by atoms with E-state index in [2.05, 4.69) is 11.3 Å². The van der Waals surface area contributed by atoms with Crippen molar-refractivity contribution in [3.8, 4) is 0 Å². The van der Waals surface area contributed by atoms with E-state index in [9.17, 15) is 13.2 Å². The van der Waals surface area contributed by atoms with Crippen LogP contribution in [0.1, 0.15) is 10.4 Å². The Hall–Kier alpha value is -1.82. The number of sulfonamides is 1. The Morgan fingerprint density at radius 1 is 1.38 bits per heavy atom. The van der Waals surface area contributed by atoms with Crippen LogP contribution in [0.4, 0.5) is 5.69 Å². The van der Waals surface area contributed by atoms with E-state index in [0.717, 1.165) is 0 Å². The molecule has 0 bridgehead atoms. The lowest BCUT2D eigenvalue weighted by Crippen LogP contribution is -2.15. The molecule has 0 amide bonds. The topological polar surface area (TPSA) is 83.5 Å². The smallest absolute Gasteiger partial charge is 0.335 e. The highest BCUT2D eigenvalue weighted by Crippen LogP contribution is 2.11. The predicted octanol–water partition coefficient (Wildman–Crippen LogP) is 1.31. The maximum Gasteiger partial charge on any atom is 0.335 e. The van der Waals surface area contributed by atoms with Crippen LogP contribution in [0.15, 0.2) is 36.9 Å². The summed E-state index contributed by atoms with van der Waals surface area (Å²) >= 11 is 0. The molecular weight excluding hydrogens is 230 g/mol. The molecule has 1 aromatic carbocycles. The van der Waals surface area contributed by atoms with Gasteiger partial charge in [0, 0.05) is 5.69 Å². The fourth-order valence-electron chi connectivity index (χ4n) is 1.06. The molecule has 86 valence electrons. The zero-order valence-electron chi connectivity index (χ0n) is 8.38. The Bertz CT molecular complexity index is 490. The molecular formula is C10H11NO4S. The van der Waals surface area contributed by atoms with Crippen molar-refractivity contribution in [2.45, 2.75) is 0 Å². The summed E-state index contributed by atoms with van der Waals surface area (Å²) in [6, 6.07) is 5.44. The molecule has 0 unspecified atom stereocenters. The van der Waals surface area contributed by atoms with Gasteiger partial charge in [0.1, 0.15) is 0 Å². The Labute approximate surface area is 93.5 Å². The van der Waals surface area contributed by atoms with Crippen LogP contribution in [-0.2, 0) is 10.0 Å². The number of aromatic carboxylic acids is 1. The molecule has 0 aliphatic heterocycles. The third-order valence-electron chi connectivity index (χ3n) is 1.74. The van der Waals surface area contributed by atoms with E-state index >= 15 is 0 Å². The summed E-state index contributed by atoms with van der Waals surface area (Å²) in [7, 11) is -3.43. The number of hydrogen-bond donors (Lipinski definition) is 2. The van der Waals surface area contributed by atoms with Crippen molar-refractivity contribution >= 4 is 21.7 Å². The second-order valence-corrected chi connectivity index (χ2v) is 4.82. The summed E-state index contributed by atoms with van der Waals surface area (Å²) in [5.41, 5.74) is 0.429. The molecule has 0 heterocycles. The second kappa shape index (κ2) is 4.80. The van der Waals surface area contributed by atoms with Crippen molar-refractivity contribution in [3.05, 3.63) is 42.5 Å². The lowest BCUT2D eigenvalue weighted by molar-refractivity contribution is 0.0697. The molecule has 0 radical (unpaired) electrons. The first-order valence-corrected chi connectivity index (χ1v) is 6.04. The second-order valence-electron chi connectivity index (χ2n) is 3.05. The minimum absolute atomic E-state index is 0.103. The largest absolute Gasteiger partial charge is 0.478 e. The van der Waals surface area contributed by atoms with Crippen molar-refractivity contribution in [3.63, 3.8) is 0 Å². The SMILES string of the molecule is C=CCS(=O)(=O)Nc1ccc(C(=O)O)cc1. The van der Waals surface area contributed by atoms with Crippen LogP contribution in [0.2, 0.25) is 0 Å². The molecule has 0 atom stereocenters. The molecule has 0 aliphatic carbocycles. The van der Waals surface area contributed by atoms with E-state index < -0.39 is 16.0 Å². The van der Waals surface area contributed by atoms with Crippen molar-refractivity contribution in [1.82, 2.24) is 0 Å². The van der Waals surface area contributed by atoms with Gasteiger partial charge in [-0.1, -0.05) is 6.08 Å². The summed E-state index contributed by atoms with van der Waals surface area (Å²) in [6.07, 6.45) is 1.27. The van der Waals surface area contributed by atoms with Gasteiger partial charge in [-0.25, -0.2) is 13.2 Å². The maximum atomic E-state index is 11.3. The van der Waals surface area contributed by atoms with Gasteiger partial charge in [-0.15, -0.1) is 6.58 Å². The normalized spacial score (nSPS) is 10.8. The average Bonchev–Trinajstić information content (AvgIpc) is 2.17. The van der Waals surface area contributed by atoms with Gasteiger partial charge in [-0.3, -0.25) is 4.72 Å². The Morgan fingerprint density at radius 3 is 2.38 bits per heavy atom. The highest BCUT2D eigenvalue weighted by Gasteiger charge is 2.08. The van der Waals surface area contributed by atoms with Gasteiger partial charge in [0.2, 0.25) is 10.0 Å². The Morgan fingerprint density at radius 2 is 1.94 bits per heavy atom. The number of hydrogen-bond acceptors (Lipinski definition) is 3. The quantitative estimate of drug-likeness (QED) is 0.761. The van der Waals surface area contributed by atoms with Crippen LogP contribution in [0.25, 0.3) is 0 Å². The summed E-state index contributed by atoms with van der Waals surface area (Å²) < 4.78 is 24.9.